The van der Waals surface area contributed by atoms with Crippen LogP contribution in [0, 0.1) is 6.92 Å². The minimum absolute atomic E-state index is 0.102. The Labute approximate surface area is 178 Å². The number of anilines is 1. The maximum absolute atomic E-state index is 12.5. The number of likely N-dealkylation sites (N-methyl/N-ethyl adjacent to an activating group) is 1. The summed E-state index contributed by atoms with van der Waals surface area (Å²) in [5.41, 5.74) is 0.448. The molecule has 9 nitrogen and oxygen atoms in total. The van der Waals surface area contributed by atoms with E-state index in [9.17, 15) is 14.4 Å². The van der Waals surface area contributed by atoms with E-state index in [1.807, 2.05) is 33.8 Å². The number of aromatic nitrogens is 1. The number of ether oxygens (including phenoxy) is 1. The largest absolute Gasteiger partial charge is 0.444 e. The fraction of sp³-hybridized carbons (Fsp3) is 0.619. The number of amides is 4. The van der Waals surface area contributed by atoms with E-state index in [0.29, 0.717) is 18.9 Å². The monoisotopic (exact) mass is 419 g/mol. The summed E-state index contributed by atoms with van der Waals surface area (Å²) in [4.78, 5) is 44.1. The number of rotatable bonds is 5. The van der Waals surface area contributed by atoms with Crippen LogP contribution >= 0.6 is 0 Å². The number of pyridine rings is 1. The summed E-state index contributed by atoms with van der Waals surface area (Å²) in [6.07, 6.45) is 3.04. The number of nitrogens with one attached hydrogen (secondary N) is 2. The molecule has 0 aliphatic carbocycles. The molecule has 166 valence electrons. The third-order valence-electron chi connectivity index (χ3n) is 4.72. The van der Waals surface area contributed by atoms with E-state index in [4.69, 9.17) is 4.74 Å². The third-order valence-corrected chi connectivity index (χ3v) is 4.72. The summed E-state index contributed by atoms with van der Waals surface area (Å²) in [5, 5.41) is 5.48. The molecule has 1 saturated heterocycles. The molecule has 1 aliphatic heterocycles. The summed E-state index contributed by atoms with van der Waals surface area (Å²) in [6, 6.07) is 3.26. The van der Waals surface area contributed by atoms with Crippen molar-refractivity contribution in [1.29, 1.82) is 0 Å². The van der Waals surface area contributed by atoms with Gasteiger partial charge in [-0.15, -0.1) is 0 Å². The van der Waals surface area contributed by atoms with Gasteiger partial charge in [-0.2, -0.15) is 0 Å². The average Bonchev–Trinajstić information content (AvgIpc) is 2.68. The zero-order chi connectivity index (χ0) is 22.3. The molecule has 9 heteroatoms. The molecule has 30 heavy (non-hydrogen) atoms. The molecule has 0 spiro atoms. The first-order valence-corrected chi connectivity index (χ1v) is 10.3. The van der Waals surface area contributed by atoms with Crippen molar-refractivity contribution in [2.75, 3.05) is 32.0 Å². The van der Waals surface area contributed by atoms with E-state index in [1.165, 1.54) is 0 Å². The number of aryl methyl sites for hydroxylation is 1. The molecule has 1 fully saturated rings. The standard InChI is InChI=1S/C21H33N5O4/c1-15-8-9-17(23-13-15)24-18(27)10-11-22-19(28)26-12-6-7-16(14-26)25(5)20(29)30-21(2,3)4/h8-9,13,16H,6-7,10-12,14H2,1-5H3,(H,22,28)(H,23,24,27)/t16-/m0/s1. The van der Waals surface area contributed by atoms with Crippen molar-refractivity contribution < 1.29 is 19.1 Å². The predicted octanol–water partition coefficient (Wildman–Crippen LogP) is 2.76. The number of hydrogen-bond donors (Lipinski definition) is 2. The summed E-state index contributed by atoms with van der Waals surface area (Å²) < 4.78 is 5.41. The van der Waals surface area contributed by atoms with Crippen LogP contribution in [0.25, 0.3) is 0 Å². The van der Waals surface area contributed by atoms with Gasteiger partial charge in [-0.05, 0) is 52.2 Å². The first kappa shape index (κ1) is 23.4. The van der Waals surface area contributed by atoms with Crippen LogP contribution in [0.15, 0.2) is 18.3 Å². The van der Waals surface area contributed by atoms with Gasteiger partial charge in [0.1, 0.15) is 11.4 Å². The van der Waals surface area contributed by atoms with Gasteiger partial charge >= 0.3 is 12.1 Å². The molecule has 1 atom stereocenters. The van der Waals surface area contributed by atoms with Crippen molar-refractivity contribution >= 4 is 23.8 Å². The Morgan fingerprint density at radius 3 is 2.67 bits per heavy atom. The van der Waals surface area contributed by atoms with E-state index >= 15 is 0 Å². The van der Waals surface area contributed by atoms with Crippen LogP contribution in [-0.4, -0.2) is 71.1 Å². The topological polar surface area (TPSA) is 104 Å². The molecule has 4 amide bonds. The smallest absolute Gasteiger partial charge is 0.410 e. The second kappa shape index (κ2) is 10.3. The normalized spacial score (nSPS) is 16.6. The molecule has 0 bridgehead atoms. The fourth-order valence-corrected chi connectivity index (χ4v) is 3.08. The van der Waals surface area contributed by atoms with Gasteiger partial charge in [0.05, 0.1) is 6.04 Å². The molecule has 1 aliphatic rings. The zero-order valence-corrected chi connectivity index (χ0v) is 18.5. The van der Waals surface area contributed by atoms with Crippen molar-refractivity contribution in [2.24, 2.45) is 0 Å². The van der Waals surface area contributed by atoms with Crippen LogP contribution in [-0.2, 0) is 9.53 Å². The molecule has 2 rings (SSSR count). The molecule has 1 aromatic heterocycles. The van der Waals surface area contributed by atoms with Crippen LogP contribution in [0.4, 0.5) is 15.4 Å². The van der Waals surface area contributed by atoms with E-state index < -0.39 is 11.7 Å². The van der Waals surface area contributed by atoms with Crippen LogP contribution in [0.2, 0.25) is 0 Å². The van der Waals surface area contributed by atoms with Crippen molar-refractivity contribution in [3.63, 3.8) is 0 Å². The Bertz CT molecular complexity index is 745. The first-order chi connectivity index (χ1) is 14.0. The Balaban J connectivity index is 1.76. The minimum Gasteiger partial charge on any atom is -0.444 e. The molecule has 2 heterocycles. The van der Waals surface area contributed by atoms with Crippen LogP contribution in [0.3, 0.4) is 0 Å². The minimum atomic E-state index is -0.564. The van der Waals surface area contributed by atoms with Crippen LogP contribution in [0.5, 0.6) is 0 Å². The number of nitrogens with zero attached hydrogens (tertiary/aromatic N) is 3. The first-order valence-electron chi connectivity index (χ1n) is 10.3. The molecular formula is C21H33N5O4. The van der Waals surface area contributed by atoms with E-state index in [1.54, 1.807) is 29.1 Å². The lowest BCUT2D eigenvalue weighted by Crippen LogP contribution is -2.53. The molecule has 0 aromatic carbocycles. The Morgan fingerprint density at radius 1 is 1.30 bits per heavy atom. The summed E-state index contributed by atoms with van der Waals surface area (Å²) in [6.45, 7) is 8.66. The Morgan fingerprint density at radius 2 is 2.03 bits per heavy atom. The zero-order valence-electron chi connectivity index (χ0n) is 18.5. The maximum atomic E-state index is 12.5. The highest BCUT2D eigenvalue weighted by atomic mass is 16.6. The quantitative estimate of drug-likeness (QED) is 0.764. The van der Waals surface area contributed by atoms with E-state index in [-0.39, 0.29) is 30.9 Å². The van der Waals surface area contributed by atoms with Gasteiger partial charge in [0, 0.05) is 39.3 Å². The van der Waals surface area contributed by atoms with Gasteiger partial charge in [0.25, 0.3) is 0 Å². The molecule has 0 saturated carbocycles. The molecule has 0 unspecified atom stereocenters. The van der Waals surface area contributed by atoms with Crippen molar-refractivity contribution in [3.8, 4) is 0 Å². The van der Waals surface area contributed by atoms with E-state index in [2.05, 4.69) is 15.6 Å². The molecule has 0 radical (unpaired) electrons. The summed E-state index contributed by atoms with van der Waals surface area (Å²) in [5.74, 6) is 0.272. The lowest BCUT2D eigenvalue weighted by Gasteiger charge is -2.38. The van der Waals surface area contributed by atoms with Crippen molar-refractivity contribution in [3.05, 3.63) is 23.9 Å². The number of likely N-dealkylation sites (tertiary alicyclic amines) is 1. The fourth-order valence-electron chi connectivity index (χ4n) is 3.08. The molecular weight excluding hydrogens is 386 g/mol. The second-order valence-corrected chi connectivity index (χ2v) is 8.58. The lowest BCUT2D eigenvalue weighted by atomic mass is 10.1. The van der Waals surface area contributed by atoms with Crippen LogP contribution in [0.1, 0.15) is 45.6 Å². The predicted molar refractivity (Wildman–Crippen MR) is 114 cm³/mol. The van der Waals surface area contributed by atoms with Crippen LogP contribution < -0.4 is 10.6 Å². The van der Waals surface area contributed by atoms with Crippen molar-refractivity contribution in [1.82, 2.24) is 20.1 Å². The van der Waals surface area contributed by atoms with Gasteiger partial charge < -0.3 is 25.2 Å². The van der Waals surface area contributed by atoms with Gasteiger partial charge in [0.2, 0.25) is 5.91 Å². The number of hydrogen-bond acceptors (Lipinski definition) is 5. The number of carbonyl (C=O) groups excluding carboxylic acids is 3. The van der Waals surface area contributed by atoms with Gasteiger partial charge in [0.15, 0.2) is 0 Å². The highest BCUT2D eigenvalue weighted by Crippen LogP contribution is 2.18. The molecule has 1 aromatic rings. The van der Waals surface area contributed by atoms with E-state index in [0.717, 1.165) is 18.4 Å². The second-order valence-electron chi connectivity index (χ2n) is 8.58. The SMILES string of the molecule is Cc1ccc(NC(=O)CCNC(=O)N2CCC[C@H](N(C)C(=O)OC(C)(C)C)C2)nc1. The maximum Gasteiger partial charge on any atom is 0.410 e. The molecule has 2 N–H and O–H groups in total. The third kappa shape index (κ3) is 7.53. The highest BCUT2D eigenvalue weighted by Gasteiger charge is 2.30. The number of urea groups is 1. The van der Waals surface area contributed by atoms with Gasteiger partial charge in [-0.3, -0.25) is 4.79 Å². The Kier molecular flexibility index (Phi) is 8.02. The highest BCUT2D eigenvalue weighted by molar-refractivity contribution is 5.90. The lowest BCUT2D eigenvalue weighted by molar-refractivity contribution is -0.116. The van der Waals surface area contributed by atoms with Gasteiger partial charge in [-0.1, -0.05) is 6.07 Å². The summed E-state index contributed by atoms with van der Waals surface area (Å²) >= 11 is 0. The Hall–Kier alpha value is -2.84. The number of carbonyl (C=O) groups is 3. The van der Waals surface area contributed by atoms with Gasteiger partial charge in [-0.25, -0.2) is 14.6 Å². The van der Waals surface area contributed by atoms with Crippen molar-refractivity contribution in [2.45, 2.75) is 58.6 Å². The average molecular weight is 420 g/mol. The number of piperidine rings is 1. The summed E-state index contributed by atoms with van der Waals surface area (Å²) in [7, 11) is 1.70.